The van der Waals surface area contributed by atoms with Gasteiger partial charge in [0.1, 0.15) is 5.82 Å². The van der Waals surface area contributed by atoms with Gasteiger partial charge in [0, 0.05) is 45.0 Å². The van der Waals surface area contributed by atoms with Crippen molar-refractivity contribution in [1.29, 1.82) is 0 Å². The number of pyridine rings is 1. The maximum absolute atomic E-state index is 12.5. The van der Waals surface area contributed by atoms with Crippen LogP contribution in [-0.4, -0.2) is 56.8 Å². The lowest BCUT2D eigenvalue weighted by Crippen LogP contribution is -2.37. The van der Waals surface area contributed by atoms with E-state index in [-0.39, 0.29) is 6.03 Å². The zero-order valence-electron chi connectivity index (χ0n) is 14.9. The monoisotopic (exact) mass is 342 g/mol. The van der Waals surface area contributed by atoms with Gasteiger partial charge in [0.05, 0.1) is 11.9 Å². The molecule has 1 atom stereocenters. The summed E-state index contributed by atoms with van der Waals surface area (Å²) in [6.45, 7) is 2.39. The van der Waals surface area contributed by atoms with Crippen LogP contribution in [0.3, 0.4) is 0 Å². The van der Waals surface area contributed by atoms with Crippen LogP contribution in [0.15, 0.2) is 36.7 Å². The first-order valence-electron chi connectivity index (χ1n) is 8.77. The second kappa shape index (κ2) is 8.11. The van der Waals surface area contributed by atoms with Gasteiger partial charge in [-0.3, -0.25) is 19.9 Å². The molecule has 0 spiro atoms. The molecule has 0 aromatic carbocycles. The maximum Gasteiger partial charge on any atom is 0.322 e. The highest BCUT2D eigenvalue weighted by Gasteiger charge is 2.23. The molecule has 3 rings (SSSR count). The molecule has 7 heteroatoms. The Bertz CT molecular complexity index is 686. The Balaban J connectivity index is 1.53. The fraction of sp³-hybridized carbons (Fsp3) is 0.500. The zero-order chi connectivity index (χ0) is 17.6. The zero-order valence-corrected chi connectivity index (χ0v) is 14.9. The summed E-state index contributed by atoms with van der Waals surface area (Å²) in [4.78, 5) is 21.2. The quantitative estimate of drug-likeness (QED) is 0.926. The highest BCUT2D eigenvalue weighted by molar-refractivity contribution is 5.88. The molecule has 1 saturated heterocycles. The Morgan fingerprint density at radius 3 is 2.88 bits per heavy atom. The van der Waals surface area contributed by atoms with Crippen LogP contribution in [0.2, 0.25) is 0 Å². The van der Waals surface area contributed by atoms with Gasteiger partial charge in [-0.05, 0) is 38.4 Å². The summed E-state index contributed by atoms with van der Waals surface area (Å²) in [5.41, 5.74) is 1.08. The Morgan fingerprint density at radius 2 is 2.16 bits per heavy atom. The van der Waals surface area contributed by atoms with E-state index >= 15 is 0 Å². The number of amides is 2. The molecule has 0 unspecified atom stereocenters. The fourth-order valence-corrected chi connectivity index (χ4v) is 3.28. The lowest BCUT2D eigenvalue weighted by molar-refractivity contribution is 0.200. The first-order valence-corrected chi connectivity index (χ1v) is 8.77. The molecule has 134 valence electrons. The number of urea groups is 1. The van der Waals surface area contributed by atoms with Crippen molar-refractivity contribution < 1.29 is 4.79 Å². The summed E-state index contributed by atoms with van der Waals surface area (Å²) in [6.07, 6.45) is 6.60. The van der Waals surface area contributed by atoms with Gasteiger partial charge < -0.3 is 4.90 Å². The molecule has 0 radical (unpaired) electrons. The minimum Gasteiger partial charge on any atom is -0.324 e. The van der Waals surface area contributed by atoms with Crippen molar-refractivity contribution in [2.24, 2.45) is 7.05 Å². The van der Waals surface area contributed by atoms with E-state index in [1.54, 1.807) is 16.9 Å². The first kappa shape index (κ1) is 17.4. The molecular formula is C18H26N6O. The predicted molar refractivity (Wildman–Crippen MR) is 97.1 cm³/mol. The normalized spacial score (nSPS) is 18.2. The van der Waals surface area contributed by atoms with Crippen LogP contribution < -0.4 is 5.32 Å². The number of carbonyl (C=O) groups is 1. The summed E-state index contributed by atoms with van der Waals surface area (Å²) in [5.74, 6) is 0.720. The summed E-state index contributed by atoms with van der Waals surface area (Å²) < 4.78 is 1.67. The van der Waals surface area contributed by atoms with E-state index in [1.165, 1.54) is 0 Å². The number of hydrogen-bond donors (Lipinski definition) is 1. The van der Waals surface area contributed by atoms with Crippen LogP contribution in [0, 0.1) is 0 Å². The molecule has 2 amide bonds. The number of nitrogens with zero attached hydrogens (tertiary/aromatic N) is 5. The maximum atomic E-state index is 12.5. The third-order valence-corrected chi connectivity index (χ3v) is 4.80. The number of carbonyl (C=O) groups excluding carboxylic acids is 1. The molecule has 0 bridgehead atoms. The van der Waals surface area contributed by atoms with E-state index in [9.17, 15) is 4.79 Å². The molecule has 25 heavy (non-hydrogen) atoms. The van der Waals surface area contributed by atoms with Crippen molar-refractivity contribution in [3.8, 4) is 0 Å². The van der Waals surface area contributed by atoms with Crippen LogP contribution in [0.25, 0.3) is 0 Å². The molecule has 2 aromatic rings. The Labute approximate surface area is 148 Å². The van der Waals surface area contributed by atoms with E-state index in [0.717, 1.165) is 50.4 Å². The van der Waals surface area contributed by atoms with E-state index in [1.807, 2.05) is 30.3 Å². The summed E-state index contributed by atoms with van der Waals surface area (Å²) in [6, 6.07) is 8.25. The third-order valence-electron chi connectivity index (χ3n) is 4.80. The van der Waals surface area contributed by atoms with Crippen LogP contribution >= 0.6 is 0 Å². The minimum absolute atomic E-state index is 0.0448. The average molecular weight is 342 g/mol. The fourth-order valence-electron chi connectivity index (χ4n) is 3.28. The summed E-state index contributed by atoms with van der Waals surface area (Å²) in [5, 5.41) is 7.01. The van der Waals surface area contributed by atoms with Crippen molar-refractivity contribution in [1.82, 2.24) is 24.6 Å². The summed E-state index contributed by atoms with van der Waals surface area (Å²) >= 11 is 0. The SMILES string of the molecule is CN(Cc1ccccn1)[C@H]1CCCN(C(=O)Nc2ccnn2C)CC1. The average Bonchev–Trinajstić information content (AvgIpc) is 2.87. The van der Waals surface area contributed by atoms with Gasteiger partial charge >= 0.3 is 6.03 Å². The number of rotatable bonds is 4. The van der Waals surface area contributed by atoms with Gasteiger partial charge in [-0.25, -0.2) is 4.79 Å². The molecule has 0 saturated carbocycles. The van der Waals surface area contributed by atoms with E-state index in [0.29, 0.717) is 6.04 Å². The third kappa shape index (κ3) is 4.57. The highest BCUT2D eigenvalue weighted by Crippen LogP contribution is 2.18. The molecule has 3 heterocycles. The van der Waals surface area contributed by atoms with Crippen LogP contribution in [0.5, 0.6) is 0 Å². The van der Waals surface area contributed by atoms with Crippen molar-refractivity contribution in [3.05, 3.63) is 42.4 Å². The molecule has 1 N–H and O–H groups in total. The lowest BCUT2D eigenvalue weighted by Gasteiger charge is -2.27. The molecule has 2 aromatic heterocycles. The molecule has 1 fully saturated rings. The number of anilines is 1. The van der Waals surface area contributed by atoms with Gasteiger partial charge in [-0.2, -0.15) is 5.10 Å². The van der Waals surface area contributed by atoms with Crippen molar-refractivity contribution in [3.63, 3.8) is 0 Å². The van der Waals surface area contributed by atoms with Gasteiger partial charge in [0.15, 0.2) is 0 Å². The Morgan fingerprint density at radius 1 is 1.28 bits per heavy atom. The van der Waals surface area contributed by atoms with Crippen molar-refractivity contribution in [2.45, 2.75) is 31.8 Å². The van der Waals surface area contributed by atoms with Gasteiger partial charge in [-0.15, -0.1) is 0 Å². The minimum atomic E-state index is -0.0448. The van der Waals surface area contributed by atoms with Crippen LogP contribution in [-0.2, 0) is 13.6 Å². The molecule has 7 nitrogen and oxygen atoms in total. The second-order valence-corrected chi connectivity index (χ2v) is 6.58. The largest absolute Gasteiger partial charge is 0.324 e. The first-order chi connectivity index (χ1) is 12.1. The smallest absolute Gasteiger partial charge is 0.322 e. The Kier molecular flexibility index (Phi) is 5.65. The van der Waals surface area contributed by atoms with Gasteiger partial charge in [0.2, 0.25) is 0 Å². The topological polar surface area (TPSA) is 66.3 Å². The standard InChI is InChI=1S/C18H26N6O/c1-22(14-15-6-3-4-10-19-15)16-7-5-12-24(13-9-16)18(25)21-17-8-11-20-23(17)2/h3-4,6,8,10-11,16H,5,7,9,12-14H2,1-2H3,(H,21,25)/t16-/m0/s1. The van der Waals surface area contributed by atoms with Crippen molar-refractivity contribution in [2.75, 3.05) is 25.5 Å². The number of aryl methyl sites for hydroxylation is 1. The number of hydrogen-bond acceptors (Lipinski definition) is 4. The second-order valence-electron chi connectivity index (χ2n) is 6.58. The molecule has 0 aliphatic carbocycles. The lowest BCUT2D eigenvalue weighted by atomic mass is 10.1. The Hall–Kier alpha value is -2.41. The van der Waals surface area contributed by atoms with Crippen LogP contribution in [0.4, 0.5) is 10.6 Å². The van der Waals surface area contributed by atoms with Crippen LogP contribution in [0.1, 0.15) is 25.0 Å². The molecular weight excluding hydrogens is 316 g/mol. The van der Waals surface area contributed by atoms with E-state index in [2.05, 4.69) is 33.4 Å². The number of aromatic nitrogens is 3. The number of nitrogens with one attached hydrogen (secondary N) is 1. The van der Waals surface area contributed by atoms with Gasteiger partial charge in [0.25, 0.3) is 0 Å². The molecule has 1 aliphatic heterocycles. The van der Waals surface area contributed by atoms with Gasteiger partial charge in [-0.1, -0.05) is 6.07 Å². The van der Waals surface area contributed by atoms with Crippen molar-refractivity contribution >= 4 is 11.8 Å². The highest BCUT2D eigenvalue weighted by atomic mass is 16.2. The predicted octanol–water partition coefficient (Wildman–Crippen LogP) is 2.33. The number of likely N-dealkylation sites (tertiary alicyclic amines) is 1. The molecule has 1 aliphatic rings. The summed E-state index contributed by atoms with van der Waals surface area (Å²) in [7, 11) is 3.96. The van der Waals surface area contributed by atoms with E-state index in [4.69, 9.17) is 0 Å². The van der Waals surface area contributed by atoms with E-state index < -0.39 is 0 Å².